The summed E-state index contributed by atoms with van der Waals surface area (Å²) in [5.41, 5.74) is 0.752. The normalized spacial score (nSPS) is 20.6. The summed E-state index contributed by atoms with van der Waals surface area (Å²) in [4.78, 5) is 14.0. The molecule has 1 aliphatic heterocycles. The molecule has 1 saturated heterocycles. The van der Waals surface area contributed by atoms with Gasteiger partial charge >= 0.3 is 0 Å². The molecule has 2 rings (SSSR count). The molecule has 1 aliphatic rings. The van der Waals surface area contributed by atoms with Gasteiger partial charge in [-0.05, 0) is 45.7 Å². The molecule has 0 aromatic heterocycles. The van der Waals surface area contributed by atoms with E-state index in [4.69, 9.17) is 4.74 Å². The maximum atomic E-state index is 12.2. The molecule has 116 valence electrons. The fourth-order valence-electron chi connectivity index (χ4n) is 2.70. The van der Waals surface area contributed by atoms with Crippen molar-refractivity contribution in [3.63, 3.8) is 0 Å². The second-order valence-electron chi connectivity index (χ2n) is 6.27. The van der Waals surface area contributed by atoms with E-state index in [2.05, 4.69) is 0 Å². The molecule has 0 bridgehead atoms. The first kappa shape index (κ1) is 15.8. The highest BCUT2D eigenvalue weighted by Crippen LogP contribution is 2.29. The van der Waals surface area contributed by atoms with Crippen LogP contribution in [0, 0.1) is 6.92 Å². The standard InChI is InChI=1S/C17H25NO3/c1-13-6-8-14(9-7-13)21-12-4-5-16(20)18-11-10-15(19)17(18,2)3/h6-9,15,19H,4-5,10-12H2,1-3H3. The van der Waals surface area contributed by atoms with Crippen molar-refractivity contribution in [1.82, 2.24) is 4.90 Å². The summed E-state index contributed by atoms with van der Waals surface area (Å²) in [7, 11) is 0. The number of aliphatic hydroxyl groups excluding tert-OH is 1. The highest BCUT2D eigenvalue weighted by molar-refractivity contribution is 5.77. The number of benzene rings is 1. The van der Waals surface area contributed by atoms with Crippen molar-refractivity contribution in [1.29, 1.82) is 0 Å². The number of aliphatic hydroxyl groups is 1. The van der Waals surface area contributed by atoms with Crippen molar-refractivity contribution >= 4 is 5.91 Å². The van der Waals surface area contributed by atoms with Crippen LogP contribution in [0.2, 0.25) is 0 Å². The van der Waals surface area contributed by atoms with Crippen molar-refractivity contribution < 1.29 is 14.6 Å². The molecule has 1 unspecified atom stereocenters. The number of hydrogen-bond donors (Lipinski definition) is 1. The minimum Gasteiger partial charge on any atom is -0.494 e. The highest BCUT2D eigenvalue weighted by Gasteiger charge is 2.42. The Morgan fingerprint density at radius 3 is 2.62 bits per heavy atom. The van der Waals surface area contributed by atoms with E-state index in [1.807, 2.05) is 45.0 Å². The molecule has 1 N–H and O–H groups in total. The van der Waals surface area contributed by atoms with E-state index in [0.29, 0.717) is 32.4 Å². The van der Waals surface area contributed by atoms with Crippen LogP contribution in [-0.2, 0) is 4.79 Å². The Labute approximate surface area is 126 Å². The second-order valence-corrected chi connectivity index (χ2v) is 6.27. The van der Waals surface area contributed by atoms with Gasteiger partial charge in [0.2, 0.25) is 5.91 Å². The summed E-state index contributed by atoms with van der Waals surface area (Å²) in [5, 5.41) is 9.90. The molecule has 0 saturated carbocycles. The van der Waals surface area contributed by atoms with Crippen LogP contribution >= 0.6 is 0 Å². The third kappa shape index (κ3) is 3.76. The molecule has 1 heterocycles. The van der Waals surface area contributed by atoms with Gasteiger partial charge in [-0.25, -0.2) is 0 Å². The van der Waals surface area contributed by atoms with E-state index in [-0.39, 0.29) is 5.91 Å². The van der Waals surface area contributed by atoms with Crippen LogP contribution in [0.3, 0.4) is 0 Å². The van der Waals surface area contributed by atoms with Gasteiger partial charge in [-0.3, -0.25) is 4.79 Å². The van der Waals surface area contributed by atoms with Gasteiger partial charge in [0.25, 0.3) is 0 Å². The van der Waals surface area contributed by atoms with E-state index in [0.717, 1.165) is 5.75 Å². The number of carbonyl (C=O) groups excluding carboxylic acids is 1. The van der Waals surface area contributed by atoms with Crippen LogP contribution in [0.4, 0.5) is 0 Å². The average Bonchev–Trinajstić information content (AvgIpc) is 2.71. The molecule has 0 aliphatic carbocycles. The molecule has 4 nitrogen and oxygen atoms in total. The Kier molecular flexibility index (Phi) is 4.88. The molecular formula is C17H25NO3. The van der Waals surface area contributed by atoms with E-state index in [9.17, 15) is 9.90 Å². The Morgan fingerprint density at radius 1 is 1.38 bits per heavy atom. The minimum atomic E-state index is -0.450. The van der Waals surface area contributed by atoms with E-state index < -0.39 is 11.6 Å². The molecule has 1 aromatic carbocycles. The second kappa shape index (κ2) is 6.48. The number of carbonyl (C=O) groups is 1. The first-order valence-corrected chi connectivity index (χ1v) is 7.59. The third-order valence-electron chi connectivity index (χ3n) is 4.26. The highest BCUT2D eigenvalue weighted by atomic mass is 16.5. The van der Waals surface area contributed by atoms with Gasteiger partial charge in [0.05, 0.1) is 18.2 Å². The van der Waals surface area contributed by atoms with E-state index in [1.165, 1.54) is 5.56 Å². The van der Waals surface area contributed by atoms with E-state index >= 15 is 0 Å². The van der Waals surface area contributed by atoms with Gasteiger partial charge in [0, 0.05) is 13.0 Å². The lowest BCUT2D eigenvalue weighted by molar-refractivity contribution is -0.136. The smallest absolute Gasteiger partial charge is 0.223 e. The maximum Gasteiger partial charge on any atom is 0.223 e. The Hall–Kier alpha value is -1.55. The van der Waals surface area contributed by atoms with Crippen molar-refractivity contribution in [2.24, 2.45) is 0 Å². The Morgan fingerprint density at radius 2 is 2.05 bits per heavy atom. The molecule has 4 heteroatoms. The van der Waals surface area contributed by atoms with Gasteiger partial charge < -0.3 is 14.7 Å². The molecule has 0 radical (unpaired) electrons. The molecule has 21 heavy (non-hydrogen) atoms. The summed E-state index contributed by atoms with van der Waals surface area (Å²) in [6.45, 7) is 7.06. The van der Waals surface area contributed by atoms with Gasteiger partial charge in [0.15, 0.2) is 0 Å². The van der Waals surface area contributed by atoms with Gasteiger partial charge in [0.1, 0.15) is 5.75 Å². The summed E-state index contributed by atoms with van der Waals surface area (Å²) in [5.74, 6) is 0.939. The van der Waals surface area contributed by atoms with Crippen LogP contribution in [0.25, 0.3) is 0 Å². The predicted octanol–water partition coefficient (Wildman–Crippen LogP) is 2.53. The van der Waals surface area contributed by atoms with Gasteiger partial charge in [-0.15, -0.1) is 0 Å². The first-order valence-electron chi connectivity index (χ1n) is 7.59. The zero-order valence-corrected chi connectivity index (χ0v) is 13.1. The van der Waals surface area contributed by atoms with Crippen molar-refractivity contribution in [2.75, 3.05) is 13.2 Å². The van der Waals surface area contributed by atoms with Crippen molar-refractivity contribution in [3.05, 3.63) is 29.8 Å². The lowest BCUT2D eigenvalue weighted by Gasteiger charge is -2.33. The Balaban J connectivity index is 1.74. The summed E-state index contributed by atoms with van der Waals surface area (Å²) >= 11 is 0. The molecule has 1 fully saturated rings. The molecule has 1 atom stereocenters. The fourth-order valence-corrected chi connectivity index (χ4v) is 2.70. The number of likely N-dealkylation sites (tertiary alicyclic amines) is 1. The first-order chi connectivity index (χ1) is 9.91. The van der Waals surface area contributed by atoms with Gasteiger partial charge in [-0.2, -0.15) is 0 Å². The third-order valence-corrected chi connectivity index (χ3v) is 4.26. The average molecular weight is 291 g/mol. The monoisotopic (exact) mass is 291 g/mol. The van der Waals surface area contributed by atoms with Crippen LogP contribution in [0.15, 0.2) is 24.3 Å². The zero-order valence-electron chi connectivity index (χ0n) is 13.1. The molecular weight excluding hydrogens is 266 g/mol. The van der Waals surface area contributed by atoms with Crippen molar-refractivity contribution in [3.8, 4) is 5.75 Å². The quantitative estimate of drug-likeness (QED) is 0.848. The van der Waals surface area contributed by atoms with Crippen LogP contribution in [-0.4, -0.2) is 40.7 Å². The zero-order chi connectivity index (χ0) is 15.5. The largest absolute Gasteiger partial charge is 0.494 e. The van der Waals surface area contributed by atoms with Crippen LogP contribution in [0.1, 0.15) is 38.7 Å². The summed E-state index contributed by atoms with van der Waals surface area (Å²) in [6, 6.07) is 7.90. The number of nitrogens with zero attached hydrogens (tertiary/aromatic N) is 1. The summed E-state index contributed by atoms with van der Waals surface area (Å²) < 4.78 is 5.63. The maximum absolute atomic E-state index is 12.2. The van der Waals surface area contributed by atoms with E-state index in [1.54, 1.807) is 4.90 Å². The topological polar surface area (TPSA) is 49.8 Å². The van der Waals surface area contributed by atoms with Gasteiger partial charge in [-0.1, -0.05) is 17.7 Å². The van der Waals surface area contributed by atoms with Crippen molar-refractivity contribution in [2.45, 2.75) is 51.7 Å². The summed E-state index contributed by atoms with van der Waals surface area (Å²) in [6.07, 6.45) is 1.39. The minimum absolute atomic E-state index is 0.101. The molecule has 1 amide bonds. The van der Waals surface area contributed by atoms with Crippen LogP contribution < -0.4 is 4.74 Å². The number of aryl methyl sites for hydroxylation is 1. The van der Waals surface area contributed by atoms with Crippen LogP contribution in [0.5, 0.6) is 5.75 Å². The number of rotatable bonds is 5. The molecule has 0 spiro atoms. The number of ether oxygens (including phenoxy) is 1. The lowest BCUT2D eigenvalue weighted by Crippen LogP contribution is -2.48. The molecule has 1 aromatic rings. The lowest BCUT2D eigenvalue weighted by atomic mass is 9.98. The number of amides is 1. The Bertz CT molecular complexity index is 481. The fraction of sp³-hybridized carbons (Fsp3) is 0.588. The number of hydrogen-bond acceptors (Lipinski definition) is 3. The SMILES string of the molecule is Cc1ccc(OCCCC(=O)N2CCC(O)C2(C)C)cc1. The predicted molar refractivity (Wildman–Crippen MR) is 82.3 cm³/mol.